The maximum atomic E-state index is 11.1. The van der Waals surface area contributed by atoms with Gasteiger partial charge in [-0.15, -0.1) is 0 Å². The number of nitrogens with zero attached hydrogens (tertiary/aromatic N) is 2. The molecule has 0 fully saturated rings. The number of aliphatic hydroxyl groups excluding tert-OH is 1. The Labute approximate surface area is 113 Å². The van der Waals surface area contributed by atoms with Crippen LogP contribution < -0.4 is 0 Å². The van der Waals surface area contributed by atoms with Crippen LogP contribution in [0.2, 0.25) is 0 Å². The predicted molar refractivity (Wildman–Crippen MR) is 69.1 cm³/mol. The topological polar surface area (TPSA) is 89.4 Å². The minimum Gasteiger partial charge on any atom is -0.439 e. The Kier molecular flexibility index (Phi) is 3.87. The second-order valence-corrected chi connectivity index (χ2v) is 5.01. The van der Waals surface area contributed by atoms with Crippen molar-refractivity contribution >= 4 is 17.4 Å². The van der Waals surface area contributed by atoms with Gasteiger partial charge >= 0.3 is 0 Å². The molecule has 0 bridgehead atoms. The third-order valence-corrected chi connectivity index (χ3v) is 3.38. The van der Waals surface area contributed by atoms with Crippen LogP contribution in [0, 0.1) is 17.0 Å². The van der Waals surface area contributed by atoms with Crippen molar-refractivity contribution < 1.29 is 14.4 Å². The molecule has 1 unspecified atom stereocenters. The number of nitro benzene ring substituents is 1. The van der Waals surface area contributed by atoms with Crippen LogP contribution in [0.25, 0.3) is 0 Å². The zero-order valence-electron chi connectivity index (χ0n) is 10.4. The maximum Gasteiger partial charge on any atom is 0.283 e. The van der Waals surface area contributed by atoms with Crippen LogP contribution >= 0.6 is 11.8 Å². The normalized spacial score (nSPS) is 12.4. The number of oxazole rings is 1. The Morgan fingerprint density at radius 2 is 2.26 bits per heavy atom. The number of nitro groups is 1. The van der Waals surface area contributed by atoms with Crippen LogP contribution in [0.3, 0.4) is 0 Å². The van der Waals surface area contributed by atoms with Gasteiger partial charge in [-0.2, -0.15) is 0 Å². The van der Waals surface area contributed by atoms with E-state index in [2.05, 4.69) is 4.98 Å². The largest absolute Gasteiger partial charge is 0.439 e. The smallest absolute Gasteiger partial charge is 0.283 e. The van der Waals surface area contributed by atoms with Crippen LogP contribution in [-0.4, -0.2) is 15.0 Å². The molecule has 1 atom stereocenters. The summed E-state index contributed by atoms with van der Waals surface area (Å²) < 4.78 is 5.16. The zero-order chi connectivity index (χ0) is 14.0. The summed E-state index contributed by atoms with van der Waals surface area (Å²) in [4.78, 5) is 15.1. The number of aromatic nitrogens is 1. The number of benzene rings is 1. The first kappa shape index (κ1) is 13.6. The van der Waals surface area contributed by atoms with Crippen molar-refractivity contribution in [3.63, 3.8) is 0 Å². The fourth-order valence-electron chi connectivity index (χ4n) is 1.50. The Morgan fingerprint density at radius 1 is 1.53 bits per heavy atom. The number of hydrogen-bond acceptors (Lipinski definition) is 6. The minimum atomic E-state index is -0.748. The van der Waals surface area contributed by atoms with Gasteiger partial charge < -0.3 is 9.52 Å². The predicted octanol–water partition coefficient (Wildman–Crippen LogP) is 3.10. The summed E-state index contributed by atoms with van der Waals surface area (Å²) in [5.74, 6) is 0. The quantitative estimate of drug-likeness (QED) is 0.683. The molecule has 1 aromatic heterocycles. The lowest BCUT2D eigenvalue weighted by Gasteiger charge is -2.06. The summed E-state index contributed by atoms with van der Waals surface area (Å²) >= 11 is 1.08. The fourth-order valence-corrected chi connectivity index (χ4v) is 2.34. The first-order valence-electron chi connectivity index (χ1n) is 5.53. The summed E-state index contributed by atoms with van der Waals surface area (Å²) in [7, 11) is 0. The lowest BCUT2D eigenvalue weighted by molar-refractivity contribution is -0.387. The Bertz CT molecular complexity index is 610. The van der Waals surface area contributed by atoms with E-state index < -0.39 is 11.0 Å². The molecule has 0 aliphatic heterocycles. The van der Waals surface area contributed by atoms with Crippen LogP contribution in [0.1, 0.15) is 24.3 Å². The number of aryl methyl sites for hydroxylation is 1. The molecule has 0 radical (unpaired) electrons. The van der Waals surface area contributed by atoms with Crippen molar-refractivity contribution in [2.24, 2.45) is 0 Å². The number of hydrogen-bond donors (Lipinski definition) is 1. The van der Waals surface area contributed by atoms with Crippen molar-refractivity contribution in [1.82, 2.24) is 4.98 Å². The molecule has 6 nitrogen and oxygen atoms in total. The summed E-state index contributed by atoms with van der Waals surface area (Å²) in [5.41, 5.74) is 1.14. The maximum absolute atomic E-state index is 11.1. The van der Waals surface area contributed by atoms with E-state index in [0.717, 1.165) is 11.8 Å². The highest BCUT2D eigenvalue weighted by Crippen LogP contribution is 2.35. The zero-order valence-corrected chi connectivity index (χ0v) is 11.2. The van der Waals surface area contributed by atoms with Gasteiger partial charge in [0.2, 0.25) is 0 Å². The third kappa shape index (κ3) is 3.12. The van der Waals surface area contributed by atoms with E-state index in [4.69, 9.17) is 4.42 Å². The highest BCUT2D eigenvalue weighted by Gasteiger charge is 2.18. The van der Waals surface area contributed by atoms with Crippen molar-refractivity contribution in [2.45, 2.75) is 30.1 Å². The third-order valence-electron chi connectivity index (χ3n) is 2.46. The van der Waals surface area contributed by atoms with Gasteiger partial charge in [0, 0.05) is 6.07 Å². The SMILES string of the molecule is Cc1coc(Sc2ccc(C(C)O)cc2[N+](=O)[O-])n1. The highest BCUT2D eigenvalue weighted by atomic mass is 32.2. The number of aliphatic hydroxyl groups is 1. The van der Waals surface area contributed by atoms with E-state index in [1.807, 2.05) is 0 Å². The summed E-state index contributed by atoms with van der Waals surface area (Å²) in [5, 5.41) is 20.9. The van der Waals surface area contributed by atoms with Gasteiger partial charge in [0.15, 0.2) is 0 Å². The van der Waals surface area contributed by atoms with Crippen LogP contribution in [0.5, 0.6) is 0 Å². The minimum absolute atomic E-state index is 0.0701. The van der Waals surface area contributed by atoms with Gasteiger partial charge in [-0.1, -0.05) is 6.07 Å². The van der Waals surface area contributed by atoms with Crippen molar-refractivity contribution in [3.05, 3.63) is 45.8 Å². The molecule has 100 valence electrons. The van der Waals surface area contributed by atoms with Gasteiger partial charge in [-0.3, -0.25) is 10.1 Å². The molecule has 0 saturated carbocycles. The van der Waals surface area contributed by atoms with Gasteiger partial charge in [0.05, 0.1) is 21.6 Å². The molecule has 0 aliphatic carbocycles. The Morgan fingerprint density at radius 3 is 2.79 bits per heavy atom. The molecule has 0 spiro atoms. The second-order valence-electron chi connectivity index (χ2n) is 4.02. The molecule has 7 heteroatoms. The average Bonchev–Trinajstić information content (AvgIpc) is 2.74. The molecule has 0 amide bonds. The van der Waals surface area contributed by atoms with E-state index in [9.17, 15) is 15.2 Å². The molecule has 1 N–H and O–H groups in total. The van der Waals surface area contributed by atoms with Crippen molar-refractivity contribution in [3.8, 4) is 0 Å². The van der Waals surface area contributed by atoms with E-state index in [1.165, 1.54) is 12.3 Å². The van der Waals surface area contributed by atoms with E-state index in [1.54, 1.807) is 26.0 Å². The Hall–Kier alpha value is -1.86. The van der Waals surface area contributed by atoms with Crippen LogP contribution in [0.4, 0.5) is 5.69 Å². The van der Waals surface area contributed by atoms with Crippen LogP contribution in [-0.2, 0) is 0 Å². The van der Waals surface area contributed by atoms with Gasteiger partial charge in [0.25, 0.3) is 10.9 Å². The van der Waals surface area contributed by atoms with Gasteiger partial charge in [-0.25, -0.2) is 4.98 Å². The van der Waals surface area contributed by atoms with E-state index in [0.29, 0.717) is 21.4 Å². The fraction of sp³-hybridized carbons (Fsp3) is 0.250. The van der Waals surface area contributed by atoms with Crippen molar-refractivity contribution in [1.29, 1.82) is 0 Å². The monoisotopic (exact) mass is 280 g/mol. The molecular formula is C12H12N2O4S. The van der Waals surface area contributed by atoms with Gasteiger partial charge in [-0.05, 0) is 37.2 Å². The van der Waals surface area contributed by atoms with E-state index in [-0.39, 0.29) is 5.69 Å². The average molecular weight is 280 g/mol. The molecule has 2 aromatic rings. The molecular weight excluding hydrogens is 268 g/mol. The summed E-state index contributed by atoms with van der Waals surface area (Å²) in [6, 6.07) is 4.60. The molecule has 2 rings (SSSR count). The number of rotatable bonds is 4. The molecule has 0 aliphatic rings. The summed E-state index contributed by atoms with van der Waals surface area (Å²) in [6.45, 7) is 3.34. The lowest BCUT2D eigenvalue weighted by Crippen LogP contribution is -1.96. The lowest BCUT2D eigenvalue weighted by atomic mass is 10.1. The van der Waals surface area contributed by atoms with Crippen molar-refractivity contribution in [2.75, 3.05) is 0 Å². The first-order chi connectivity index (χ1) is 8.97. The second kappa shape index (κ2) is 5.41. The van der Waals surface area contributed by atoms with Crippen LogP contribution in [0.15, 0.2) is 39.0 Å². The van der Waals surface area contributed by atoms with E-state index >= 15 is 0 Å². The standard InChI is InChI=1S/C12H12N2O4S/c1-7-6-18-12(13-7)19-11-4-3-9(8(2)15)5-10(11)14(16)17/h3-6,8,15H,1-2H3. The summed E-state index contributed by atoms with van der Waals surface area (Å²) in [6.07, 6.45) is 0.736. The highest BCUT2D eigenvalue weighted by molar-refractivity contribution is 7.99. The first-order valence-corrected chi connectivity index (χ1v) is 6.35. The molecule has 1 aromatic carbocycles. The molecule has 19 heavy (non-hydrogen) atoms. The van der Waals surface area contributed by atoms with Gasteiger partial charge in [0.1, 0.15) is 6.26 Å². The molecule has 0 saturated heterocycles. The Balaban J connectivity index is 2.36. The molecule has 1 heterocycles.